The summed E-state index contributed by atoms with van der Waals surface area (Å²) in [5, 5.41) is 13.6. The summed E-state index contributed by atoms with van der Waals surface area (Å²) in [7, 11) is 0. The van der Waals surface area contributed by atoms with Crippen LogP contribution in [0.5, 0.6) is 0 Å². The lowest BCUT2D eigenvalue weighted by atomic mass is 10.1. The molecule has 1 N–H and O–H groups in total. The van der Waals surface area contributed by atoms with E-state index in [4.69, 9.17) is 0 Å². The Morgan fingerprint density at radius 3 is 2.80 bits per heavy atom. The van der Waals surface area contributed by atoms with E-state index >= 15 is 0 Å². The zero-order chi connectivity index (χ0) is 13.9. The summed E-state index contributed by atoms with van der Waals surface area (Å²) in [6, 6.07) is 17.9. The van der Waals surface area contributed by atoms with Crippen LogP contribution < -0.4 is 5.32 Å². The molecule has 3 nitrogen and oxygen atoms in total. The van der Waals surface area contributed by atoms with E-state index in [-0.39, 0.29) is 0 Å². The van der Waals surface area contributed by atoms with E-state index in [1.807, 2.05) is 55.5 Å². The average Bonchev–Trinajstić information content (AvgIpc) is 2.49. The standard InChI is InChI=1S/C17H13N3/c1-12-7-8-15(13(10-12)11-18)20-17-6-2-5-16-14(17)4-3-9-19-16/h2-10,20H,1H3. The van der Waals surface area contributed by atoms with Gasteiger partial charge in [-0.05, 0) is 48.9 Å². The molecule has 0 radical (unpaired) electrons. The first-order valence-electron chi connectivity index (χ1n) is 6.39. The van der Waals surface area contributed by atoms with Gasteiger partial charge in [0.05, 0.1) is 16.8 Å². The van der Waals surface area contributed by atoms with E-state index in [0.29, 0.717) is 5.56 Å². The second kappa shape index (κ2) is 5.02. The van der Waals surface area contributed by atoms with Gasteiger partial charge in [0.2, 0.25) is 0 Å². The van der Waals surface area contributed by atoms with Crippen molar-refractivity contribution in [3.8, 4) is 6.07 Å². The van der Waals surface area contributed by atoms with Gasteiger partial charge in [0, 0.05) is 17.3 Å². The van der Waals surface area contributed by atoms with Crippen LogP contribution in [-0.2, 0) is 0 Å². The highest BCUT2D eigenvalue weighted by Crippen LogP contribution is 2.27. The van der Waals surface area contributed by atoms with Crippen molar-refractivity contribution in [2.45, 2.75) is 6.92 Å². The molecule has 3 rings (SSSR count). The molecule has 1 heterocycles. The van der Waals surface area contributed by atoms with Crippen molar-refractivity contribution >= 4 is 22.3 Å². The number of hydrogen-bond acceptors (Lipinski definition) is 3. The summed E-state index contributed by atoms with van der Waals surface area (Å²) in [6.45, 7) is 1.98. The summed E-state index contributed by atoms with van der Waals surface area (Å²) in [6.07, 6.45) is 1.78. The van der Waals surface area contributed by atoms with Crippen LogP contribution in [0.25, 0.3) is 10.9 Å². The van der Waals surface area contributed by atoms with Crippen LogP contribution in [0.15, 0.2) is 54.7 Å². The van der Waals surface area contributed by atoms with Crippen LogP contribution in [0, 0.1) is 18.3 Å². The van der Waals surface area contributed by atoms with Crippen LogP contribution in [0.3, 0.4) is 0 Å². The molecule has 0 aliphatic rings. The fourth-order valence-corrected chi connectivity index (χ4v) is 2.22. The minimum absolute atomic E-state index is 0.644. The van der Waals surface area contributed by atoms with Crippen LogP contribution in [-0.4, -0.2) is 4.98 Å². The van der Waals surface area contributed by atoms with E-state index in [0.717, 1.165) is 27.8 Å². The molecule has 0 atom stereocenters. The number of aryl methyl sites for hydroxylation is 1. The van der Waals surface area contributed by atoms with Crippen molar-refractivity contribution < 1.29 is 0 Å². The summed E-state index contributed by atoms with van der Waals surface area (Å²) in [5.41, 5.74) is 4.42. The number of fused-ring (bicyclic) bond motifs is 1. The average molecular weight is 259 g/mol. The predicted octanol–water partition coefficient (Wildman–Crippen LogP) is 4.16. The van der Waals surface area contributed by atoms with Crippen molar-refractivity contribution in [3.05, 3.63) is 65.9 Å². The van der Waals surface area contributed by atoms with Crippen molar-refractivity contribution in [2.75, 3.05) is 5.32 Å². The Balaban J connectivity index is 2.08. The molecule has 1 aromatic heterocycles. The van der Waals surface area contributed by atoms with Crippen LogP contribution >= 0.6 is 0 Å². The third-order valence-electron chi connectivity index (χ3n) is 3.21. The Labute approximate surface area is 117 Å². The number of aromatic nitrogens is 1. The summed E-state index contributed by atoms with van der Waals surface area (Å²) < 4.78 is 0. The fraction of sp³-hybridized carbons (Fsp3) is 0.0588. The smallest absolute Gasteiger partial charge is 0.101 e. The summed E-state index contributed by atoms with van der Waals surface area (Å²) in [4.78, 5) is 4.34. The monoisotopic (exact) mass is 259 g/mol. The lowest BCUT2D eigenvalue weighted by molar-refractivity contribution is 1.39. The minimum Gasteiger partial charge on any atom is -0.354 e. The Hall–Kier alpha value is -2.86. The Kier molecular flexibility index (Phi) is 3.06. The highest BCUT2D eigenvalue weighted by Gasteiger charge is 2.05. The van der Waals surface area contributed by atoms with Crippen molar-refractivity contribution in [3.63, 3.8) is 0 Å². The van der Waals surface area contributed by atoms with Crippen LogP contribution in [0.4, 0.5) is 11.4 Å². The van der Waals surface area contributed by atoms with Crippen molar-refractivity contribution in [1.29, 1.82) is 5.26 Å². The molecule has 0 bridgehead atoms. The maximum absolute atomic E-state index is 9.23. The zero-order valence-corrected chi connectivity index (χ0v) is 11.1. The Morgan fingerprint density at radius 1 is 1.05 bits per heavy atom. The van der Waals surface area contributed by atoms with E-state index < -0.39 is 0 Å². The molecular weight excluding hydrogens is 246 g/mol. The highest BCUT2D eigenvalue weighted by molar-refractivity contribution is 5.93. The van der Waals surface area contributed by atoms with Gasteiger partial charge in [-0.1, -0.05) is 12.1 Å². The molecule has 0 saturated heterocycles. The van der Waals surface area contributed by atoms with Gasteiger partial charge in [-0.3, -0.25) is 4.98 Å². The molecule has 0 amide bonds. The highest BCUT2D eigenvalue weighted by atomic mass is 14.9. The van der Waals surface area contributed by atoms with Gasteiger partial charge >= 0.3 is 0 Å². The van der Waals surface area contributed by atoms with E-state index in [1.165, 1.54) is 0 Å². The molecular formula is C17H13N3. The topological polar surface area (TPSA) is 48.7 Å². The van der Waals surface area contributed by atoms with Gasteiger partial charge in [-0.2, -0.15) is 5.26 Å². The first kappa shape index (κ1) is 12.2. The number of hydrogen-bond donors (Lipinski definition) is 1. The third kappa shape index (κ3) is 2.19. The normalized spacial score (nSPS) is 10.2. The SMILES string of the molecule is Cc1ccc(Nc2cccc3ncccc23)c(C#N)c1. The third-order valence-corrected chi connectivity index (χ3v) is 3.21. The lowest BCUT2D eigenvalue weighted by Crippen LogP contribution is -1.95. The molecule has 20 heavy (non-hydrogen) atoms. The zero-order valence-electron chi connectivity index (χ0n) is 11.1. The summed E-state index contributed by atoms with van der Waals surface area (Å²) in [5.74, 6) is 0. The molecule has 2 aromatic carbocycles. The molecule has 3 aromatic rings. The van der Waals surface area contributed by atoms with Crippen LogP contribution in [0.2, 0.25) is 0 Å². The molecule has 0 aliphatic carbocycles. The van der Waals surface area contributed by atoms with Gasteiger partial charge in [0.25, 0.3) is 0 Å². The number of anilines is 2. The van der Waals surface area contributed by atoms with Gasteiger partial charge in [-0.25, -0.2) is 0 Å². The predicted molar refractivity (Wildman–Crippen MR) is 80.9 cm³/mol. The van der Waals surface area contributed by atoms with E-state index in [1.54, 1.807) is 6.20 Å². The Bertz CT molecular complexity index is 811. The van der Waals surface area contributed by atoms with Crippen molar-refractivity contribution in [1.82, 2.24) is 4.98 Å². The van der Waals surface area contributed by atoms with Crippen molar-refractivity contribution in [2.24, 2.45) is 0 Å². The quantitative estimate of drug-likeness (QED) is 0.751. The van der Waals surface area contributed by atoms with Crippen LogP contribution in [0.1, 0.15) is 11.1 Å². The molecule has 96 valence electrons. The number of nitriles is 1. The lowest BCUT2D eigenvalue weighted by Gasteiger charge is -2.11. The summed E-state index contributed by atoms with van der Waals surface area (Å²) >= 11 is 0. The molecule has 0 unspecified atom stereocenters. The molecule has 0 aliphatic heterocycles. The van der Waals surface area contributed by atoms with Gasteiger partial charge in [0.15, 0.2) is 0 Å². The number of nitrogens with zero attached hydrogens (tertiary/aromatic N) is 2. The van der Waals surface area contributed by atoms with Gasteiger partial charge < -0.3 is 5.32 Å². The molecule has 3 heteroatoms. The number of nitrogens with one attached hydrogen (secondary N) is 1. The molecule has 0 spiro atoms. The number of rotatable bonds is 2. The second-order valence-electron chi connectivity index (χ2n) is 4.66. The molecule has 0 saturated carbocycles. The first-order valence-corrected chi connectivity index (χ1v) is 6.39. The maximum atomic E-state index is 9.23. The van der Waals surface area contributed by atoms with Gasteiger partial charge in [0.1, 0.15) is 6.07 Å². The first-order chi connectivity index (χ1) is 9.78. The van der Waals surface area contributed by atoms with E-state index in [2.05, 4.69) is 16.4 Å². The molecule has 0 fully saturated rings. The minimum atomic E-state index is 0.644. The van der Waals surface area contributed by atoms with E-state index in [9.17, 15) is 5.26 Å². The Morgan fingerprint density at radius 2 is 1.95 bits per heavy atom. The largest absolute Gasteiger partial charge is 0.354 e. The maximum Gasteiger partial charge on any atom is 0.101 e. The fourth-order valence-electron chi connectivity index (χ4n) is 2.22. The van der Waals surface area contributed by atoms with Gasteiger partial charge in [-0.15, -0.1) is 0 Å². The number of benzene rings is 2. The second-order valence-corrected chi connectivity index (χ2v) is 4.66. The number of pyridine rings is 1.